The highest BCUT2D eigenvalue weighted by atomic mass is 35.5. The molecule has 0 unspecified atom stereocenters. The van der Waals surface area contributed by atoms with Crippen LogP contribution in [0.15, 0.2) is 42.5 Å². The quantitative estimate of drug-likeness (QED) is 0.107. The molecule has 402 valence electrons. The number of nitrogens with zero attached hydrogens (tertiary/aromatic N) is 8. The molecule has 0 bridgehead atoms. The number of aromatic nitrogens is 5. The van der Waals surface area contributed by atoms with Gasteiger partial charge in [0.05, 0.1) is 38.7 Å². The highest BCUT2D eigenvalue weighted by Gasteiger charge is 2.63. The van der Waals surface area contributed by atoms with Crippen LogP contribution in [0.3, 0.4) is 0 Å². The third kappa shape index (κ3) is 10.7. The Hall–Kier alpha value is -5.54. The van der Waals surface area contributed by atoms with Gasteiger partial charge in [0.25, 0.3) is 5.92 Å². The minimum Gasteiger partial charge on any atom is -0.346 e. The van der Waals surface area contributed by atoms with Gasteiger partial charge in [-0.2, -0.15) is 49.6 Å². The Balaban J connectivity index is 1.34. The maximum absolute atomic E-state index is 15.9. The predicted octanol–water partition coefficient (Wildman–Crippen LogP) is 8.40. The van der Waals surface area contributed by atoms with E-state index in [9.17, 15) is 61.5 Å². The number of nitrogens with one attached hydrogen (secondary N) is 1. The van der Waals surface area contributed by atoms with Crippen LogP contribution < -0.4 is 9.62 Å². The number of hydrogen-bond donors (Lipinski definition) is 1. The molecular formula is C46H48ClF10N9O6S2. The first-order chi connectivity index (χ1) is 34.2. The van der Waals surface area contributed by atoms with Crippen molar-refractivity contribution in [3.05, 3.63) is 93.0 Å². The number of urea groups is 1. The molecule has 74 heavy (non-hydrogen) atoms. The fourth-order valence-corrected chi connectivity index (χ4v) is 11.3. The third-order valence-corrected chi connectivity index (χ3v) is 17.4. The lowest BCUT2D eigenvalue weighted by Crippen LogP contribution is -2.53. The first kappa shape index (κ1) is 54.7. The van der Waals surface area contributed by atoms with Crippen LogP contribution in [-0.2, 0) is 62.7 Å². The van der Waals surface area contributed by atoms with Gasteiger partial charge in [-0.3, -0.25) is 19.1 Å². The molecule has 8 rings (SSSR count). The number of amides is 3. The summed E-state index contributed by atoms with van der Waals surface area (Å²) in [6, 6.07) is 4.34. The second kappa shape index (κ2) is 19.2. The fourth-order valence-electron chi connectivity index (χ4n) is 9.70. The molecule has 2 aromatic carbocycles. The van der Waals surface area contributed by atoms with E-state index in [-0.39, 0.29) is 75.8 Å². The number of anilines is 1. The van der Waals surface area contributed by atoms with Crippen molar-refractivity contribution in [1.82, 2.24) is 39.7 Å². The average Bonchev–Trinajstić information content (AvgIpc) is 3.84. The number of benzene rings is 2. The van der Waals surface area contributed by atoms with Crippen LogP contribution in [0, 0.1) is 17.6 Å². The number of alkyl halides is 8. The van der Waals surface area contributed by atoms with Gasteiger partial charge in [0, 0.05) is 66.8 Å². The van der Waals surface area contributed by atoms with Crippen molar-refractivity contribution in [2.45, 2.75) is 94.0 Å². The normalized spacial score (nSPS) is 18.8. The topological polar surface area (TPSA) is 173 Å². The Labute approximate surface area is 422 Å². The number of fused-ring (bicyclic) bond motifs is 4. The summed E-state index contributed by atoms with van der Waals surface area (Å²) in [7, 11) is -6.69. The van der Waals surface area contributed by atoms with E-state index in [1.165, 1.54) is 32.0 Å². The van der Waals surface area contributed by atoms with Crippen LogP contribution in [0.2, 0.25) is 5.02 Å². The second-order valence-corrected chi connectivity index (χ2v) is 24.5. The van der Waals surface area contributed by atoms with Crippen LogP contribution in [0.25, 0.3) is 22.0 Å². The molecule has 1 saturated carbocycles. The standard InChI is InChI=1S/C46H48ClF10N9O6S2/c1-43(2,73(4,69)70)13-12-27-6-7-28(29-9-11-32(47)36-38(29)65(23-44(50,51)52)61-41(36)66(74(5,71)72)42(68)63-16-14-62(3)15-17-63)37(58-27)33(20-24-18-25(48)21-26(49)19-24)59-34(67)22-64-40-35(39(60-64)46(55,56)57)30-8-10-31(30)45(40,53)54/h6-7,9,11,18-19,21,30-31,33H,8,10,12-17,20,22-23H2,1-5H3,(H,59,67)/t30-,31+,33-/m0/s1. The van der Waals surface area contributed by atoms with Gasteiger partial charge in [-0.05, 0) is 88.7 Å². The van der Waals surface area contributed by atoms with Crippen molar-refractivity contribution in [3.63, 3.8) is 0 Å². The maximum atomic E-state index is 15.9. The highest BCUT2D eigenvalue weighted by Crippen LogP contribution is 2.64. The number of rotatable bonds is 14. The molecule has 4 heterocycles. The van der Waals surface area contributed by atoms with E-state index >= 15 is 8.78 Å². The molecule has 3 atom stereocenters. The van der Waals surface area contributed by atoms with Crippen LogP contribution in [-0.4, -0.2) is 120 Å². The number of carbonyl (C=O) groups excluding carboxylic acids is 2. The lowest BCUT2D eigenvalue weighted by atomic mass is 9.73. The van der Waals surface area contributed by atoms with Crippen molar-refractivity contribution in [2.75, 3.05) is 50.0 Å². The molecule has 0 spiro atoms. The van der Waals surface area contributed by atoms with Crippen molar-refractivity contribution in [1.29, 1.82) is 0 Å². The summed E-state index contributed by atoms with van der Waals surface area (Å²) in [5.41, 5.74) is -4.91. The van der Waals surface area contributed by atoms with Crippen molar-refractivity contribution >= 4 is 60.1 Å². The minimum absolute atomic E-state index is 0.00679. The van der Waals surface area contributed by atoms with E-state index in [0.717, 1.165) is 29.4 Å². The SMILES string of the molecule is CN1CCN(C(=O)N(c2nn(CC(F)(F)F)c3c(-c4ccc(CCC(C)(C)S(C)(=O)=O)nc4[C@H](Cc4cc(F)cc(F)c4)NC(=O)Cn4nc(C(F)(F)F)c5c4C(F)(F)[C@@H]4CC[C@H]54)ccc(Cl)c23)S(C)(=O)=O)CC1. The van der Waals surface area contributed by atoms with Crippen molar-refractivity contribution < 1.29 is 70.3 Å². The Morgan fingerprint density at radius 3 is 2.09 bits per heavy atom. The van der Waals surface area contributed by atoms with E-state index in [2.05, 4.69) is 15.5 Å². The highest BCUT2D eigenvalue weighted by molar-refractivity contribution is 7.93. The molecule has 5 aromatic rings. The molecular weight excluding hydrogens is 1060 g/mol. The molecule has 15 nitrogen and oxygen atoms in total. The van der Waals surface area contributed by atoms with Gasteiger partial charge in [0.15, 0.2) is 21.3 Å². The molecule has 1 N–H and O–H groups in total. The van der Waals surface area contributed by atoms with Gasteiger partial charge >= 0.3 is 18.4 Å². The lowest BCUT2D eigenvalue weighted by Gasteiger charge is -2.34. The number of piperazine rings is 1. The maximum Gasteiger partial charge on any atom is 0.435 e. The van der Waals surface area contributed by atoms with Gasteiger partial charge in [-0.1, -0.05) is 23.7 Å². The summed E-state index contributed by atoms with van der Waals surface area (Å²) in [6.45, 7) is 0.328. The zero-order valence-electron chi connectivity index (χ0n) is 40.1. The number of pyridine rings is 1. The molecule has 0 radical (unpaired) electrons. The van der Waals surface area contributed by atoms with Gasteiger partial charge in [0.2, 0.25) is 15.9 Å². The number of sulfone groups is 1. The summed E-state index contributed by atoms with van der Waals surface area (Å²) in [5.74, 6) is -10.8. The third-order valence-electron chi connectivity index (χ3n) is 13.9. The van der Waals surface area contributed by atoms with Crippen molar-refractivity contribution in [2.24, 2.45) is 5.92 Å². The molecule has 3 aromatic heterocycles. The van der Waals surface area contributed by atoms with Gasteiger partial charge in [0.1, 0.15) is 30.4 Å². The number of halogens is 11. The summed E-state index contributed by atoms with van der Waals surface area (Å²) in [6.07, 6.45) is -9.63. The predicted molar refractivity (Wildman–Crippen MR) is 251 cm³/mol. The fraction of sp³-hybridized carbons (Fsp3) is 0.500. The van der Waals surface area contributed by atoms with Gasteiger partial charge in [-0.25, -0.2) is 30.4 Å². The summed E-state index contributed by atoms with van der Waals surface area (Å²) < 4.78 is 201. The first-order valence-electron chi connectivity index (χ1n) is 22.9. The number of carbonyl (C=O) groups is 2. The molecule has 3 aliphatic rings. The van der Waals surface area contributed by atoms with E-state index < -0.39 is 143 Å². The zero-order chi connectivity index (χ0) is 54.4. The van der Waals surface area contributed by atoms with Crippen LogP contribution >= 0.6 is 11.6 Å². The van der Waals surface area contributed by atoms with Gasteiger partial charge < -0.3 is 15.1 Å². The summed E-state index contributed by atoms with van der Waals surface area (Å²) >= 11 is 6.74. The van der Waals surface area contributed by atoms with E-state index in [1.54, 1.807) is 7.05 Å². The van der Waals surface area contributed by atoms with Crippen LogP contribution in [0.5, 0.6) is 0 Å². The minimum atomic E-state index is -5.21. The summed E-state index contributed by atoms with van der Waals surface area (Å²) in [5, 5.41) is 9.16. The number of sulfonamides is 1. The monoisotopic (exact) mass is 1110 g/mol. The number of aryl methyl sites for hydroxylation is 1. The number of hydrogen-bond acceptors (Lipinski definition) is 10. The van der Waals surface area contributed by atoms with E-state index in [0.29, 0.717) is 30.1 Å². The van der Waals surface area contributed by atoms with E-state index in [1.807, 2.05) is 4.90 Å². The Morgan fingerprint density at radius 1 is 0.892 bits per heavy atom. The average molecular weight is 1110 g/mol. The Bertz CT molecular complexity index is 3260. The largest absolute Gasteiger partial charge is 0.435 e. The Kier molecular flexibility index (Phi) is 14.2. The van der Waals surface area contributed by atoms with Crippen LogP contribution in [0.4, 0.5) is 54.5 Å². The van der Waals surface area contributed by atoms with Gasteiger partial charge in [-0.15, -0.1) is 0 Å². The first-order valence-corrected chi connectivity index (χ1v) is 27.0. The number of likely N-dealkylation sites (N-methyl/N-ethyl adjacent to an activating group) is 1. The molecule has 3 amide bonds. The lowest BCUT2D eigenvalue weighted by molar-refractivity contribution is -0.144. The van der Waals surface area contributed by atoms with Crippen LogP contribution in [0.1, 0.15) is 79.0 Å². The molecule has 2 fully saturated rings. The second-order valence-electron chi connectivity index (χ2n) is 19.6. The Morgan fingerprint density at radius 2 is 1.53 bits per heavy atom. The molecule has 1 aliphatic heterocycles. The molecule has 2 aliphatic carbocycles. The smallest absolute Gasteiger partial charge is 0.346 e. The molecule has 28 heteroatoms. The van der Waals surface area contributed by atoms with E-state index in [4.69, 9.17) is 16.6 Å². The van der Waals surface area contributed by atoms with Crippen molar-refractivity contribution in [3.8, 4) is 11.1 Å². The summed E-state index contributed by atoms with van der Waals surface area (Å²) in [4.78, 5) is 36.2. The zero-order valence-corrected chi connectivity index (χ0v) is 42.4. The molecule has 1 saturated heterocycles.